The zero-order chi connectivity index (χ0) is 9.84. The summed E-state index contributed by atoms with van der Waals surface area (Å²) < 4.78 is 0. The van der Waals surface area contributed by atoms with Crippen molar-refractivity contribution in [1.29, 1.82) is 10.5 Å². The predicted octanol–water partition coefficient (Wildman–Crippen LogP) is 1.62. The molecular formula is C10H11N3. The zero-order valence-electron chi connectivity index (χ0n) is 7.76. The van der Waals surface area contributed by atoms with Gasteiger partial charge in [0.05, 0.1) is 23.3 Å². The first-order valence-corrected chi connectivity index (χ1v) is 4.22. The Morgan fingerprint density at radius 2 is 2.15 bits per heavy atom. The van der Waals surface area contributed by atoms with E-state index in [1.165, 1.54) is 0 Å². The molecule has 0 fully saturated rings. The monoisotopic (exact) mass is 173 g/mol. The fraction of sp³-hybridized carbons (Fsp3) is 0.400. The molecule has 0 aromatic heterocycles. The Kier molecular flexibility index (Phi) is 2.72. The van der Waals surface area contributed by atoms with Gasteiger partial charge in [-0.1, -0.05) is 6.92 Å². The number of nitrogens with one attached hydrogen (secondary N) is 1. The van der Waals surface area contributed by atoms with Crippen LogP contribution in [0.5, 0.6) is 0 Å². The third kappa shape index (κ3) is 1.55. The Morgan fingerprint density at radius 1 is 1.46 bits per heavy atom. The molecule has 0 amide bonds. The molecule has 3 heteroatoms. The molecule has 1 N–H and O–H groups in total. The molecular weight excluding hydrogens is 162 g/mol. The predicted molar refractivity (Wildman–Crippen MR) is 49.2 cm³/mol. The Morgan fingerprint density at radius 3 is 2.62 bits per heavy atom. The van der Waals surface area contributed by atoms with Gasteiger partial charge in [-0.25, -0.2) is 0 Å². The van der Waals surface area contributed by atoms with Crippen LogP contribution in [0.2, 0.25) is 0 Å². The summed E-state index contributed by atoms with van der Waals surface area (Å²) in [6.07, 6.45) is 2.54. The maximum atomic E-state index is 8.89. The first kappa shape index (κ1) is 9.35. The molecule has 0 aromatic carbocycles. The topological polar surface area (TPSA) is 59.6 Å². The van der Waals surface area contributed by atoms with Gasteiger partial charge in [0.15, 0.2) is 0 Å². The highest BCUT2D eigenvalue weighted by atomic mass is 14.9. The van der Waals surface area contributed by atoms with Crippen LogP contribution in [0.1, 0.15) is 20.3 Å². The molecule has 13 heavy (non-hydrogen) atoms. The lowest BCUT2D eigenvalue weighted by atomic mass is 9.93. The third-order valence-electron chi connectivity index (χ3n) is 2.23. The lowest BCUT2D eigenvalue weighted by Crippen LogP contribution is -2.29. The van der Waals surface area contributed by atoms with Crippen molar-refractivity contribution in [2.75, 3.05) is 0 Å². The molecule has 0 bridgehead atoms. The van der Waals surface area contributed by atoms with E-state index in [9.17, 15) is 0 Å². The van der Waals surface area contributed by atoms with Gasteiger partial charge < -0.3 is 5.32 Å². The van der Waals surface area contributed by atoms with Crippen molar-refractivity contribution in [1.82, 2.24) is 5.32 Å². The minimum absolute atomic E-state index is 0.0714. The number of allylic oxidation sites excluding steroid dienone is 2. The molecule has 1 atom stereocenters. The summed E-state index contributed by atoms with van der Waals surface area (Å²) in [4.78, 5) is 0. The highest BCUT2D eigenvalue weighted by Gasteiger charge is 2.19. The number of hydrogen-bond donors (Lipinski definition) is 1. The Hall–Kier alpha value is -1.74. The van der Waals surface area contributed by atoms with Gasteiger partial charge in [0.25, 0.3) is 0 Å². The van der Waals surface area contributed by atoms with Gasteiger partial charge in [0, 0.05) is 6.20 Å². The van der Waals surface area contributed by atoms with Gasteiger partial charge in [-0.15, -0.1) is 0 Å². The molecule has 0 aliphatic carbocycles. The van der Waals surface area contributed by atoms with Gasteiger partial charge >= 0.3 is 0 Å². The van der Waals surface area contributed by atoms with E-state index < -0.39 is 0 Å². The summed E-state index contributed by atoms with van der Waals surface area (Å²) in [7, 11) is 0. The fourth-order valence-corrected chi connectivity index (χ4v) is 1.38. The van der Waals surface area contributed by atoms with Crippen LogP contribution >= 0.6 is 0 Å². The number of nitriles is 2. The summed E-state index contributed by atoms with van der Waals surface area (Å²) in [5.41, 5.74) is 2.04. The van der Waals surface area contributed by atoms with Crippen molar-refractivity contribution in [2.24, 2.45) is 0 Å². The molecule has 0 radical (unpaired) electrons. The number of hydrogen-bond acceptors (Lipinski definition) is 3. The minimum atomic E-state index is 0.0714. The summed E-state index contributed by atoms with van der Waals surface area (Å²) in [5, 5.41) is 20.7. The number of nitrogens with zero attached hydrogens (tertiary/aromatic N) is 2. The standard InChI is InChI=1S/C10H11N3/c1-3-10-9(5-12)7(2)8(4-11)6-13-10/h6,10,13H,3H2,1-2H3. The zero-order valence-corrected chi connectivity index (χ0v) is 7.76. The van der Waals surface area contributed by atoms with Crippen molar-refractivity contribution in [3.05, 3.63) is 22.9 Å². The first-order valence-electron chi connectivity index (χ1n) is 4.22. The summed E-state index contributed by atoms with van der Waals surface area (Å²) in [6, 6.07) is 4.27. The Bertz CT molecular complexity index is 349. The van der Waals surface area contributed by atoms with E-state index in [-0.39, 0.29) is 6.04 Å². The molecule has 1 aliphatic heterocycles. The molecule has 3 nitrogen and oxygen atoms in total. The van der Waals surface area contributed by atoms with Gasteiger partial charge in [-0.05, 0) is 18.9 Å². The molecule has 1 unspecified atom stereocenters. The van der Waals surface area contributed by atoms with E-state index in [0.717, 1.165) is 12.0 Å². The summed E-state index contributed by atoms with van der Waals surface area (Å²) >= 11 is 0. The van der Waals surface area contributed by atoms with Gasteiger partial charge in [-0.3, -0.25) is 0 Å². The van der Waals surface area contributed by atoms with Crippen LogP contribution in [0.15, 0.2) is 22.9 Å². The minimum Gasteiger partial charge on any atom is -0.382 e. The molecule has 66 valence electrons. The van der Waals surface area contributed by atoms with Gasteiger partial charge in [0.2, 0.25) is 0 Å². The van der Waals surface area contributed by atoms with Gasteiger partial charge in [0.1, 0.15) is 6.07 Å². The van der Waals surface area contributed by atoms with Crippen LogP contribution in [0, 0.1) is 22.7 Å². The van der Waals surface area contributed by atoms with Crippen molar-refractivity contribution in [3.63, 3.8) is 0 Å². The SMILES string of the molecule is CCC1NC=C(C#N)C(C)=C1C#N. The largest absolute Gasteiger partial charge is 0.382 e. The highest BCUT2D eigenvalue weighted by Crippen LogP contribution is 2.21. The molecule has 1 rings (SSSR count). The first-order chi connectivity index (χ1) is 6.24. The van der Waals surface area contributed by atoms with Crippen molar-refractivity contribution >= 4 is 0 Å². The Balaban J connectivity index is 3.11. The summed E-state index contributed by atoms with van der Waals surface area (Å²) in [5.74, 6) is 0. The lowest BCUT2D eigenvalue weighted by Gasteiger charge is -2.21. The van der Waals surface area contributed by atoms with Crippen LogP contribution < -0.4 is 5.32 Å². The van der Waals surface area contributed by atoms with E-state index in [4.69, 9.17) is 10.5 Å². The van der Waals surface area contributed by atoms with E-state index >= 15 is 0 Å². The maximum absolute atomic E-state index is 8.89. The van der Waals surface area contributed by atoms with Crippen molar-refractivity contribution in [2.45, 2.75) is 26.3 Å². The third-order valence-corrected chi connectivity index (χ3v) is 2.23. The molecule has 1 aliphatic rings. The normalized spacial score (nSPS) is 21.2. The van der Waals surface area contributed by atoms with Gasteiger partial charge in [-0.2, -0.15) is 10.5 Å². The van der Waals surface area contributed by atoms with Crippen molar-refractivity contribution < 1.29 is 0 Å². The number of rotatable bonds is 1. The molecule has 0 aromatic rings. The second-order valence-corrected chi connectivity index (χ2v) is 2.95. The second kappa shape index (κ2) is 3.78. The second-order valence-electron chi connectivity index (χ2n) is 2.95. The van der Waals surface area contributed by atoms with E-state index in [2.05, 4.69) is 17.5 Å². The fourth-order valence-electron chi connectivity index (χ4n) is 1.38. The lowest BCUT2D eigenvalue weighted by molar-refractivity contribution is 0.641. The van der Waals surface area contributed by atoms with Crippen LogP contribution in [-0.2, 0) is 0 Å². The number of dihydropyridines is 1. The van der Waals surface area contributed by atoms with Crippen LogP contribution in [-0.4, -0.2) is 6.04 Å². The average molecular weight is 173 g/mol. The quantitative estimate of drug-likeness (QED) is 0.655. The van der Waals surface area contributed by atoms with Crippen LogP contribution in [0.4, 0.5) is 0 Å². The summed E-state index contributed by atoms with van der Waals surface area (Å²) in [6.45, 7) is 3.82. The molecule has 0 saturated carbocycles. The van der Waals surface area contributed by atoms with E-state index in [1.807, 2.05) is 13.8 Å². The van der Waals surface area contributed by atoms with Crippen LogP contribution in [0.3, 0.4) is 0 Å². The smallest absolute Gasteiger partial charge is 0.101 e. The van der Waals surface area contributed by atoms with E-state index in [1.54, 1.807) is 6.20 Å². The molecule has 0 spiro atoms. The van der Waals surface area contributed by atoms with E-state index in [0.29, 0.717) is 11.1 Å². The average Bonchev–Trinajstić information content (AvgIpc) is 2.17. The Labute approximate surface area is 78.0 Å². The highest BCUT2D eigenvalue weighted by molar-refractivity contribution is 5.51. The van der Waals surface area contributed by atoms with Crippen LogP contribution in [0.25, 0.3) is 0 Å². The van der Waals surface area contributed by atoms with Crippen molar-refractivity contribution in [3.8, 4) is 12.1 Å². The molecule has 0 saturated heterocycles. The maximum Gasteiger partial charge on any atom is 0.101 e. The molecule has 1 heterocycles.